The summed E-state index contributed by atoms with van der Waals surface area (Å²) in [4.78, 5) is 14.5. The van der Waals surface area contributed by atoms with Crippen LogP contribution in [0.15, 0.2) is 48.8 Å². The van der Waals surface area contributed by atoms with Crippen molar-refractivity contribution < 1.29 is 4.92 Å². The highest BCUT2D eigenvalue weighted by molar-refractivity contribution is 5.82. The molecule has 0 aliphatic carbocycles. The molecule has 0 saturated carbocycles. The highest BCUT2D eigenvalue weighted by Gasteiger charge is 2.16. The number of aromatic amines is 1. The van der Waals surface area contributed by atoms with Crippen LogP contribution in [0.4, 0.5) is 5.69 Å². The molecule has 0 spiro atoms. The predicted octanol–water partition coefficient (Wildman–Crippen LogP) is 3.61. The van der Waals surface area contributed by atoms with Crippen LogP contribution in [0.1, 0.15) is 12.6 Å². The largest absolute Gasteiger partial charge is 0.281 e. The summed E-state index contributed by atoms with van der Waals surface area (Å²) < 4.78 is 0. The maximum absolute atomic E-state index is 10.8. The number of hydrogen-bond acceptors (Lipinski definition) is 4. The van der Waals surface area contributed by atoms with Crippen molar-refractivity contribution in [3.63, 3.8) is 0 Å². The van der Waals surface area contributed by atoms with Gasteiger partial charge in [-0.15, -0.1) is 0 Å². The summed E-state index contributed by atoms with van der Waals surface area (Å²) in [6, 6.07) is 10.3. The third-order valence-electron chi connectivity index (χ3n) is 3.50. The zero-order valence-corrected chi connectivity index (χ0v) is 12.0. The van der Waals surface area contributed by atoms with Crippen LogP contribution in [0.25, 0.3) is 22.4 Å². The van der Waals surface area contributed by atoms with Crippen LogP contribution >= 0.6 is 0 Å². The second-order valence-corrected chi connectivity index (χ2v) is 4.83. The number of pyridine rings is 1. The summed E-state index contributed by atoms with van der Waals surface area (Å²) in [6.07, 6.45) is 4.26. The third-order valence-corrected chi connectivity index (χ3v) is 3.50. The molecule has 0 aliphatic heterocycles. The second-order valence-electron chi connectivity index (χ2n) is 4.83. The fourth-order valence-electron chi connectivity index (χ4n) is 2.41. The summed E-state index contributed by atoms with van der Waals surface area (Å²) >= 11 is 0. The fraction of sp³-hybridized carbons (Fsp3) is 0.125. The van der Waals surface area contributed by atoms with Crippen LogP contribution < -0.4 is 0 Å². The molecule has 3 rings (SSSR count). The lowest BCUT2D eigenvalue weighted by molar-refractivity contribution is -0.384. The fourth-order valence-corrected chi connectivity index (χ4v) is 2.41. The van der Waals surface area contributed by atoms with Gasteiger partial charge in [0.1, 0.15) is 5.69 Å². The van der Waals surface area contributed by atoms with Crippen molar-refractivity contribution in [2.24, 2.45) is 0 Å². The van der Waals surface area contributed by atoms with Crippen LogP contribution in [0.3, 0.4) is 0 Å². The van der Waals surface area contributed by atoms with Gasteiger partial charge in [-0.05, 0) is 36.2 Å². The molecule has 2 heterocycles. The first-order valence-corrected chi connectivity index (χ1v) is 6.93. The first-order valence-electron chi connectivity index (χ1n) is 6.93. The van der Waals surface area contributed by atoms with Crippen molar-refractivity contribution in [3.8, 4) is 22.4 Å². The number of nitrogens with one attached hydrogen (secondary N) is 1. The first-order chi connectivity index (χ1) is 10.7. The number of nitro benzene ring substituents is 1. The van der Waals surface area contributed by atoms with Gasteiger partial charge in [0.15, 0.2) is 0 Å². The molecule has 110 valence electrons. The molecule has 22 heavy (non-hydrogen) atoms. The Balaban J connectivity index is 2.13. The first kappa shape index (κ1) is 13.9. The molecule has 2 aromatic heterocycles. The number of nitrogens with zero attached hydrogens (tertiary/aromatic N) is 3. The summed E-state index contributed by atoms with van der Waals surface area (Å²) in [7, 11) is 0. The van der Waals surface area contributed by atoms with Crippen molar-refractivity contribution >= 4 is 5.69 Å². The van der Waals surface area contributed by atoms with E-state index in [9.17, 15) is 10.1 Å². The van der Waals surface area contributed by atoms with Gasteiger partial charge in [-0.3, -0.25) is 20.2 Å². The van der Waals surface area contributed by atoms with Gasteiger partial charge >= 0.3 is 0 Å². The molecule has 3 aromatic rings. The van der Waals surface area contributed by atoms with Crippen molar-refractivity contribution in [1.82, 2.24) is 15.2 Å². The number of nitro groups is 1. The smallest absolute Gasteiger partial charge is 0.269 e. The van der Waals surface area contributed by atoms with Gasteiger partial charge in [0.2, 0.25) is 0 Å². The van der Waals surface area contributed by atoms with Crippen molar-refractivity contribution in [3.05, 3.63) is 64.6 Å². The molecule has 0 bridgehead atoms. The Kier molecular flexibility index (Phi) is 3.65. The number of H-pyrrole nitrogens is 1. The molecular formula is C16H14N4O2. The molecule has 0 fully saturated rings. The van der Waals surface area contributed by atoms with Gasteiger partial charge in [0, 0.05) is 41.3 Å². The number of aryl methyl sites for hydroxylation is 1. The van der Waals surface area contributed by atoms with Gasteiger partial charge in [-0.1, -0.05) is 6.92 Å². The lowest BCUT2D eigenvalue weighted by atomic mass is 9.98. The quantitative estimate of drug-likeness (QED) is 0.588. The molecule has 0 unspecified atom stereocenters. The van der Waals surface area contributed by atoms with Crippen molar-refractivity contribution in [2.45, 2.75) is 13.3 Å². The average molecular weight is 294 g/mol. The van der Waals surface area contributed by atoms with Gasteiger partial charge < -0.3 is 0 Å². The van der Waals surface area contributed by atoms with Gasteiger partial charge in [-0.2, -0.15) is 5.10 Å². The molecule has 1 aromatic carbocycles. The van der Waals surface area contributed by atoms with E-state index in [0.29, 0.717) is 0 Å². The number of hydrogen-bond donors (Lipinski definition) is 1. The third kappa shape index (κ3) is 2.46. The van der Waals surface area contributed by atoms with Gasteiger partial charge in [0.05, 0.1) is 4.92 Å². The molecule has 6 heteroatoms. The van der Waals surface area contributed by atoms with E-state index in [1.165, 1.54) is 12.1 Å². The monoisotopic (exact) mass is 294 g/mol. The van der Waals surface area contributed by atoms with Crippen LogP contribution in [0, 0.1) is 10.1 Å². The number of benzene rings is 1. The Morgan fingerprint density at radius 3 is 2.55 bits per heavy atom. The number of rotatable bonds is 4. The highest BCUT2D eigenvalue weighted by atomic mass is 16.6. The van der Waals surface area contributed by atoms with E-state index in [-0.39, 0.29) is 5.69 Å². The maximum atomic E-state index is 10.8. The Morgan fingerprint density at radius 2 is 1.95 bits per heavy atom. The zero-order chi connectivity index (χ0) is 15.5. The molecule has 0 radical (unpaired) electrons. The second kappa shape index (κ2) is 5.77. The minimum absolute atomic E-state index is 0.0771. The summed E-state index contributed by atoms with van der Waals surface area (Å²) in [5.41, 5.74) is 4.65. The van der Waals surface area contributed by atoms with Crippen molar-refractivity contribution in [2.75, 3.05) is 0 Å². The molecule has 0 aliphatic rings. The highest BCUT2D eigenvalue weighted by Crippen LogP contribution is 2.33. The molecular weight excluding hydrogens is 280 g/mol. The van der Waals surface area contributed by atoms with E-state index in [1.807, 2.05) is 19.1 Å². The summed E-state index contributed by atoms with van der Waals surface area (Å²) in [5, 5.41) is 18.2. The Labute approximate surface area is 127 Å². The Hall–Kier alpha value is -3.02. The molecule has 0 atom stereocenters. The predicted molar refractivity (Wildman–Crippen MR) is 83.3 cm³/mol. The summed E-state index contributed by atoms with van der Waals surface area (Å²) in [6.45, 7) is 2.04. The van der Waals surface area contributed by atoms with Crippen LogP contribution in [0.2, 0.25) is 0 Å². The summed E-state index contributed by atoms with van der Waals surface area (Å²) in [5.74, 6) is 0. The lowest BCUT2D eigenvalue weighted by Crippen LogP contribution is -1.90. The lowest BCUT2D eigenvalue weighted by Gasteiger charge is -2.05. The number of aromatic nitrogens is 3. The molecule has 1 N–H and O–H groups in total. The van der Waals surface area contributed by atoms with Gasteiger partial charge in [0.25, 0.3) is 5.69 Å². The normalized spacial score (nSPS) is 10.6. The Morgan fingerprint density at radius 1 is 1.18 bits per heavy atom. The molecule has 6 nitrogen and oxygen atoms in total. The number of non-ortho nitro benzene ring substituents is 1. The molecule has 0 amide bonds. The van der Waals surface area contributed by atoms with Gasteiger partial charge in [-0.25, -0.2) is 0 Å². The zero-order valence-electron chi connectivity index (χ0n) is 12.0. The minimum atomic E-state index is -0.401. The van der Waals surface area contributed by atoms with Crippen LogP contribution in [0.5, 0.6) is 0 Å². The topological polar surface area (TPSA) is 84.7 Å². The van der Waals surface area contributed by atoms with Crippen LogP contribution in [-0.2, 0) is 6.42 Å². The van der Waals surface area contributed by atoms with E-state index in [2.05, 4.69) is 15.2 Å². The van der Waals surface area contributed by atoms with E-state index < -0.39 is 4.92 Å². The maximum Gasteiger partial charge on any atom is 0.269 e. The Bertz CT molecular complexity index is 795. The standard InChI is InChI=1S/C16H14N4O2/c1-2-14-15(11-5-7-13(8-6-11)20(21)22)16(19-18-14)12-4-3-9-17-10-12/h3-10H,2H2,1H3,(H,18,19). The van der Waals surface area contributed by atoms with E-state index in [0.717, 1.165) is 34.5 Å². The average Bonchev–Trinajstić information content (AvgIpc) is 2.99. The van der Waals surface area contributed by atoms with E-state index in [1.54, 1.807) is 24.5 Å². The van der Waals surface area contributed by atoms with E-state index in [4.69, 9.17) is 0 Å². The van der Waals surface area contributed by atoms with Crippen molar-refractivity contribution in [1.29, 1.82) is 0 Å². The van der Waals surface area contributed by atoms with E-state index >= 15 is 0 Å². The van der Waals surface area contributed by atoms with Crippen LogP contribution in [-0.4, -0.2) is 20.1 Å². The molecule has 0 saturated heterocycles. The SMILES string of the molecule is CCc1[nH]nc(-c2cccnc2)c1-c1ccc([N+](=O)[O-])cc1. The minimum Gasteiger partial charge on any atom is -0.281 e.